The molecule has 3 aromatic rings. The molecular formula is C21H24N6O2. The van der Waals surface area contributed by atoms with Crippen molar-refractivity contribution in [3.05, 3.63) is 54.2 Å². The van der Waals surface area contributed by atoms with Crippen LogP contribution in [-0.4, -0.2) is 48.2 Å². The Labute approximate surface area is 168 Å². The smallest absolute Gasteiger partial charge is 0.252 e. The van der Waals surface area contributed by atoms with Gasteiger partial charge in [0.05, 0.1) is 23.7 Å². The van der Waals surface area contributed by atoms with E-state index < -0.39 is 5.91 Å². The third-order valence-electron chi connectivity index (χ3n) is 5.09. The van der Waals surface area contributed by atoms with Crippen LogP contribution in [0.2, 0.25) is 0 Å². The van der Waals surface area contributed by atoms with Gasteiger partial charge in [-0.15, -0.1) is 0 Å². The molecule has 1 aliphatic rings. The Morgan fingerprint density at radius 2 is 2.10 bits per heavy atom. The summed E-state index contributed by atoms with van der Waals surface area (Å²) in [7, 11) is 1.92. The van der Waals surface area contributed by atoms with Crippen LogP contribution in [-0.2, 0) is 4.74 Å². The normalized spacial score (nSPS) is 19.1. The van der Waals surface area contributed by atoms with Crippen molar-refractivity contribution >= 4 is 34.1 Å². The average molecular weight is 392 g/mol. The first-order valence-corrected chi connectivity index (χ1v) is 9.58. The zero-order valence-corrected chi connectivity index (χ0v) is 16.2. The van der Waals surface area contributed by atoms with E-state index in [1.807, 2.05) is 37.4 Å². The summed E-state index contributed by atoms with van der Waals surface area (Å²) in [4.78, 5) is 20.9. The maximum absolute atomic E-state index is 11.9. The minimum absolute atomic E-state index is 0.181. The van der Waals surface area contributed by atoms with Crippen LogP contribution < -0.4 is 21.7 Å². The van der Waals surface area contributed by atoms with Gasteiger partial charge in [-0.05, 0) is 49.9 Å². The van der Waals surface area contributed by atoms with Crippen LogP contribution >= 0.6 is 0 Å². The number of benzene rings is 1. The molecule has 0 bridgehead atoms. The highest BCUT2D eigenvalue weighted by Gasteiger charge is 2.25. The molecular weight excluding hydrogens is 368 g/mol. The number of amides is 1. The third-order valence-corrected chi connectivity index (χ3v) is 5.09. The largest absolute Gasteiger partial charge is 0.380 e. The SMILES string of the molecule is CN[C@H]1COCCC1Nc1ccc(C(N)=O)c(Nc2ccc3ncccc3c2)n1. The summed E-state index contributed by atoms with van der Waals surface area (Å²) >= 11 is 0. The summed E-state index contributed by atoms with van der Waals surface area (Å²) in [6.45, 7) is 1.34. The molecule has 0 saturated carbocycles. The van der Waals surface area contributed by atoms with E-state index in [2.05, 4.69) is 25.9 Å². The summed E-state index contributed by atoms with van der Waals surface area (Å²) < 4.78 is 5.53. The molecule has 1 amide bonds. The van der Waals surface area contributed by atoms with Gasteiger partial charge in [0.2, 0.25) is 0 Å². The van der Waals surface area contributed by atoms with Crippen molar-refractivity contribution in [2.75, 3.05) is 30.9 Å². The van der Waals surface area contributed by atoms with Gasteiger partial charge < -0.3 is 26.4 Å². The van der Waals surface area contributed by atoms with Crippen molar-refractivity contribution in [1.29, 1.82) is 0 Å². The van der Waals surface area contributed by atoms with E-state index in [0.29, 0.717) is 30.4 Å². The number of rotatable bonds is 6. The maximum atomic E-state index is 11.9. The van der Waals surface area contributed by atoms with Crippen LogP contribution in [0.5, 0.6) is 0 Å². The Bertz CT molecular complexity index is 1020. The van der Waals surface area contributed by atoms with Gasteiger partial charge >= 0.3 is 0 Å². The minimum atomic E-state index is -0.534. The first-order chi connectivity index (χ1) is 14.1. The van der Waals surface area contributed by atoms with Gasteiger partial charge in [0, 0.05) is 29.9 Å². The number of hydrogen-bond acceptors (Lipinski definition) is 7. The molecule has 150 valence electrons. The van der Waals surface area contributed by atoms with E-state index in [1.54, 1.807) is 18.3 Å². The molecule has 0 spiro atoms. The Hall–Kier alpha value is -3.23. The topological polar surface area (TPSA) is 114 Å². The van der Waals surface area contributed by atoms with E-state index in [9.17, 15) is 4.79 Å². The number of nitrogens with one attached hydrogen (secondary N) is 3. The standard InChI is InChI=1S/C21H24N6O2/c1-23-18-12-29-10-8-17(18)26-19-7-5-15(20(22)28)21(27-19)25-14-4-6-16-13(11-14)3-2-9-24-16/h2-7,9,11,17-18,23H,8,10,12H2,1H3,(H2,22,28)(H2,25,26,27)/t17?,18-/m0/s1. The highest BCUT2D eigenvalue weighted by molar-refractivity contribution is 5.98. The summed E-state index contributed by atoms with van der Waals surface area (Å²) in [6.07, 6.45) is 2.62. The van der Waals surface area contributed by atoms with Crippen LogP contribution in [0.3, 0.4) is 0 Å². The number of nitrogens with zero attached hydrogens (tertiary/aromatic N) is 2. The second kappa shape index (κ2) is 8.42. The molecule has 1 saturated heterocycles. The van der Waals surface area contributed by atoms with Gasteiger partial charge in [-0.1, -0.05) is 6.07 Å². The number of aromatic nitrogens is 2. The first-order valence-electron chi connectivity index (χ1n) is 9.58. The fraction of sp³-hybridized carbons (Fsp3) is 0.286. The molecule has 1 aromatic carbocycles. The van der Waals surface area contributed by atoms with Crippen molar-refractivity contribution < 1.29 is 9.53 Å². The number of carbonyl (C=O) groups is 1. The van der Waals surface area contributed by atoms with Gasteiger partial charge in [-0.3, -0.25) is 9.78 Å². The van der Waals surface area contributed by atoms with Crippen molar-refractivity contribution in [3.8, 4) is 0 Å². The Morgan fingerprint density at radius 1 is 1.21 bits per heavy atom. The lowest BCUT2D eigenvalue weighted by molar-refractivity contribution is 0.0657. The van der Waals surface area contributed by atoms with Gasteiger partial charge in [0.25, 0.3) is 5.91 Å². The molecule has 0 aliphatic carbocycles. The number of likely N-dealkylation sites (N-methyl/N-ethyl adjacent to an activating group) is 1. The van der Waals surface area contributed by atoms with Crippen molar-refractivity contribution in [2.24, 2.45) is 5.73 Å². The number of pyridine rings is 2. The Balaban J connectivity index is 1.61. The van der Waals surface area contributed by atoms with Crippen LogP contribution in [0.25, 0.3) is 10.9 Å². The molecule has 29 heavy (non-hydrogen) atoms. The van der Waals surface area contributed by atoms with E-state index in [0.717, 1.165) is 23.0 Å². The summed E-state index contributed by atoms with van der Waals surface area (Å²) in [5.41, 5.74) is 7.59. The molecule has 1 aliphatic heterocycles. The Morgan fingerprint density at radius 3 is 2.93 bits per heavy atom. The van der Waals surface area contributed by atoms with Gasteiger partial charge in [-0.25, -0.2) is 4.98 Å². The molecule has 2 aromatic heterocycles. The second-order valence-corrected chi connectivity index (χ2v) is 7.00. The fourth-order valence-corrected chi connectivity index (χ4v) is 3.51. The number of nitrogens with two attached hydrogens (primary N) is 1. The first kappa shape index (κ1) is 19.1. The van der Waals surface area contributed by atoms with Gasteiger partial charge in [-0.2, -0.15) is 0 Å². The highest BCUT2D eigenvalue weighted by Crippen LogP contribution is 2.24. The molecule has 0 radical (unpaired) electrons. The second-order valence-electron chi connectivity index (χ2n) is 7.00. The fourth-order valence-electron chi connectivity index (χ4n) is 3.51. The minimum Gasteiger partial charge on any atom is -0.380 e. The highest BCUT2D eigenvalue weighted by atomic mass is 16.5. The predicted molar refractivity (Wildman–Crippen MR) is 113 cm³/mol. The lowest BCUT2D eigenvalue weighted by atomic mass is 10.0. The molecule has 2 atom stereocenters. The number of primary amides is 1. The van der Waals surface area contributed by atoms with Crippen LogP contribution in [0.15, 0.2) is 48.7 Å². The number of fused-ring (bicyclic) bond motifs is 1. The molecule has 5 N–H and O–H groups in total. The maximum Gasteiger partial charge on any atom is 0.252 e. The molecule has 3 heterocycles. The van der Waals surface area contributed by atoms with Crippen molar-refractivity contribution in [3.63, 3.8) is 0 Å². The number of hydrogen-bond donors (Lipinski definition) is 4. The monoisotopic (exact) mass is 392 g/mol. The molecule has 1 fully saturated rings. The molecule has 8 heteroatoms. The average Bonchev–Trinajstić information content (AvgIpc) is 2.74. The van der Waals surface area contributed by atoms with Crippen molar-refractivity contribution in [2.45, 2.75) is 18.5 Å². The quantitative estimate of drug-likeness (QED) is 0.509. The van der Waals surface area contributed by atoms with E-state index in [1.165, 1.54) is 0 Å². The van der Waals surface area contributed by atoms with Crippen LogP contribution in [0.4, 0.5) is 17.3 Å². The zero-order chi connectivity index (χ0) is 20.2. The lowest BCUT2D eigenvalue weighted by Gasteiger charge is -2.32. The van der Waals surface area contributed by atoms with Crippen LogP contribution in [0, 0.1) is 0 Å². The van der Waals surface area contributed by atoms with Crippen molar-refractivity contribution in [1.82, 2.24) is 15.3 Å². The number of carbonyl (C=O) groups excluding carboxylic acids is 1. The molecule has 1 unspecified atom stereocenters. The zero-order valence-electron chi connectivity index (χ0n) is 16.2. The van der Waals surface area contributed by atoms with Gasteiger partial charge in [0.15, 0.2) is 0 Å². The van der Waals surface area contributed by atoms with E-state index in [4.69, 9.17) is 10.5 Å². The lowest BCUT2D eigenvalue weighted by Crippen LogP contribution is -2.49. The van der Waals surface area contributed by atoms with E-state index >= 15 is 0 Å². The van der Waals surface area contributed by atoms with Gasteiger partial charge in [0.1, 0.15) is 11.6 Å². The number of anilines is 3. The third kappa shape index (κ3) is 4.28. The molecule has 4 rings (SSSR count). The van der Waals surface area contributed by atoms with Crippen LogP contribution in [0.1, 0.15) is 16.8 Å². The summed E-state index contributed by atoms with van der Waals surface area (Å²) in [5, 5.41) is 10.9. The van der Waals surface area contributed by atoms with E-state index in [-0.39, 0.29) is 12.1 Å². The predicted octanol–water partition coefficient (Wildman–Crippen LogP) is 2.26. The number of ether oxygens (including phenoxy) is 1. The summed E-state index contributed by atoms with van der Waals surface area (Å²) in [5.74, 6) is 0.555. The Kier molecular flexibility index (Phi) is 5.55. The molecule has 8 nitrogen and oxygen atoms in total. The summed E-state index contributed by atoms with van der Waals surface area (Å²) in [6, 6.07) is 13.5.